The van der Waals surface area contributed by atoms with Gasteiger partial charge in [-0.1, -0.05) is 68.0 Å². The maximum absolute atomic E-state index is 13.1. The van der Waals surface area contributed by atoms with E-state index in [2.05, 4.69) is 67.6 Å². The van der Waals surface area contributed by atoms with E-state index in [0.717, 1.165) is 23.1 Å². The molecule has 1 heterocycles. The molecule has 2 heteroatoms. The summed E-state index contributed by atoms with van der Waals surface area (Å²) in [5, 5.41) is 1.31. The van der Waals surface area contributed by atoms with Crippen molar-refractivity contribution < 1.29 is 4.39 Å². The summed E-state index contributed by atoms with van der Waals surface area (Å²) in [6.07, 6.45) is 6.64. The maximum Gasteiger partial charge on any atom is 0.123 e. The van der Waals surface area contributed by atoms with E-state index in [-0.39, 0.29) is 5.82 Å². The van der Waals surface area contributed by atoms with Gasteiger partial charge in [-0.05, 0) is 64.4 Å². The van der Waals surface area contributed by atoms with Gasteiger partial charge < -0.3 is 0 Å². The second kappa shape index (κ2) is 7.89. The van der Waals surface area contributed by atoms with Crippen molar-refractivity contribution >= 4 is 33.6 Å². The zero-order valence-electron chi connectivity index (χ0n) is 15.3. The molecule has 0 bridgehead atoms. The molecular weight excluding hydrogens is 351 g/mol. The summed E-state index contributed by atoms with van der Waals surface area (Å²) < 4.78 is 14.4. The van der Waals surface area contributed by atoms with Gasteiger partial charge in [-0.25, -0.2) is 4.39 Å². The van der Waals surface area contributed by atoms with Crippen LogP contribution in [0.2, 0.25) is 0 Å². The fourth-order valence-corrected chi connectivity index (χ4v) is 4.26. The van der Waals surface area contributed by atoms with Gasteiger partial charge in [-0.15, -0.1) is 11.3 Å². The molecule has 0 fully saturated rings. The van der Waals surface area contributed by atoms with Crippen molar-refractivity contribution in [3.8, 4) is 11.1 Å². The number of hydrogen-bond donors (Lipinski definition) is 0. The van der Waals surface area contributed by atoms with E-state index in [0.29, 0.717) is 0 Å². The van der Waals surface area contributed by atoms with E-state index in [1.165, 1.54) is 39.1 Å². The highest BCUT2D eigenvalue weighted by atomic mass is 32.1. The molecule has 0 amide bonds. The van der Waals surface area contributed by atoms with Crippen molar-refractivity contribution in [2.24, 2.45) is 0 Å². The zero-order valence-corrected chi connectivity index (χ0v) is 16.1. The van der Waals surface area contributed by atoms with E-state index >= 15 is 0 Å². The lowest BCUT2D eigenvalue weighted by Gasteiger charge is -2.02. The molecule has 0 atom stereocenters. The van der Waals surface area contributed by atoms with Crippen LogP contribution in [0.25, 0.3) is 33.4 Å². The minimum Gasteiger partial charge on any atom is -0.207 e. The highest BCUT2D eigenvalue weighted by molar-refractivity contribution is 7.19. The second-order valence-electron chi connectivity index (χ2n) is 6.73. The van der Waals surface area contributed by atoms with Crippen molar-refractivity contribution in [1.29, 1.82) is 0 Å². The topological polar surface area (TPSA) is 0 Å². The first-order valence-electron chi connectivity index (χ1n) is 9.28. The van der Waals surface area contributed by atoms with Gasteiger partial charge in [-0.3, -0.25) is 0 Å². The molecule has 0 saturated carbocycles. The first-order valence-corrected chi connectivity index (χ1v) is 10.1. The lowest BCUT2D eigenvalue weighted by atomic mass is 10.0. The van der Waals surface area contributed by atoms with Gasteiger partial charge >= 0.3 is 0 Å². The summed E-state index contributed by atoms with van der Waals surface area (Å²) in [5.41, 5.74) is 4.69. The third-order valence-corrected chi connectivity index (χ3v) is 5.73. The summed E-state index contributed by atoms with van der Waals surface area (Å²) in [7, 11) is 0. The third-order valence-electron chi connectivity index (χ3n) is 4.67. The van der Waals surface area contributed by atoms with Crippen molar-refractivity contribution in [3.63, 3.8) is 0 Å². The van der Waals surface area contributed by atoms with E-state index < -0.39 is 0 Å². The quantitative estimate of drug-likeness (QED) is 0.335. The number of fused-ring (bicyclic) bond motifs is 1. The second-order valence-corrected chi connectivity index (χ2v) is 7.85. The van der Waals surface area contributed by atoms with Crippen LogP contribution in [-0.2, 0) is 6.42 Å². The number of hydrogen-bond acceptors (Lipinski definition) is 1. The predicted octanol–water partition coefficient (Wildman–Crippen LogP) is 7.83. The predicted molar refractivity (Wildman–Crippen MR) is 117 cm³/mol. The molecule has 0 aliphatic rings. The molecule has 0 nitrogen and oxygen atoms in total. The highest BCUT2D eigenvalue weighted by Gasteiger charge is 2.02. The van der Waals surface area contributed by atoms with Crippen LogP contribution in [0.3, 0.4) is 0 Å². The normalized spacial score (nSPS) is 11.5. The molecular formula is C25H21FS. The van der Waals surface area contributed by atoms with Crippen LogP contribution in [0.1, 0.15) is 29.3 Å². The Kier molecular flexibility index (Phi) is 5.17. The molecule has 134 valence electrons. The summed E-state index contributed by atoms with van der Waals surface area (Å²) in [4.78, 5) is 1.27. The summed E-state index contributed by atoms with van der Waals surface area (Å²) in [6.45, 7) is 2.22. The van der Waals surface area contributed by atoms with Crippen LogP contribution in [0.5, 0.6) is 0 Å². The fraction of sp³-hybridized carbons (Fsp3) is 0.120. The molecule has 0 N–H and O–H groups in total. The molecule has 0 unspecified atom stereocenters. The summed E-state index contributed by atoms with van der Waals surface area (Å²) in [5.74, 6) is -0.205. The van der Waals surface area contributed by atoms with E-state index in [1.54, 1.807) is 0 Å². The number of thiophene rings is 1. The first kappa shape index (κ1) is 17.7. The van der Waals surface area contributed by atoms with Gasteiger partial charge in [-0.2, -0.15) is 0 Å². The molecule has 0 spiro atoms. The van der Waals surface area contributed by atoms with Gasteiger partial charge in [0.15, 0.2) is 0 Å². The van der Waals surface area contributed by atoms with Gasteiger partial charge in [0, 0.05) is 9.58 Å². The van der Waals surface area contributed by atoms with Crippen LogP contribution in [-0.4, -0.2) is 0 Å². The maximum atomic E-state index is 13.1. The van der Waals surface area contributed by atoms with Crippen LogP contribution in [0.4, 0.5) is 4.39 Å². The monoisotopic (exact) mass is 372 g/mol. The smallest absolute Gasteiger partial charge is 0.123 e. The summed E-state index contributed by atoms with van der Waals surface area (Å²) >= 11 is 1.84. The Balaban J connectivity index is 1.52. The Labute approximate surface area is 163 Å². The molecule has 0 aliphatic heterocycles. The Bertz CT molecular complexity index is 1070. The van der Waals surface area contributed by atoms with Crippen LogP contribution in [0, 0.1) is 5.82 Å². The Morgan fingerprint density at radius 1 is 0.815 bits per heavy atom. The van der Waals surface area contributed by atoms with E-state index in [1.807, 2.05) is 23.5 Å². The lowest BCUT2D eigenvalue weighted by molar-refractivity contribution is 0.628. The Morgan fingerprint density at radius 3 is 2.22 bits per heavy atom. The molecule has 3 aromatic carbocycles. The van der Waals surface area contributed by atoms with Crippen molar-refractivity contribution in [1.82, 2.24) is 0 Å². The largest absolute Gasteiger partial charge is 0.207 e. The fourth-order valence-electron chi connectivity index (χ4n) is 3.23. The Morgan fingerprint density at radius 2 is 1.52 bits per heavy atom. The molecule has 0 saturated heterocycles. The number of halogens is 1. The molecule has 27 heavy (non-hydrogen) atoms. The zero-order chi connectivity index (χ0) is 18.6. The Hall–Kier alpha value is -2.71. The summed E-state index contributed by atoms with van der Waals surface area (Å²) in [6, 6.07) is 24.0. The number of aryl methyl sites for hydroxylation is 1. The van der Waals surface area contributed by atoms with Gasteiger partial charge in [0.05, 0.1) is 0 Å². The van der Waals surface area contributed by atoms with Gasteiger partial charge in [0.2, 0.25) is 0 Å². The number of rotatable bonds is 5. The third kappa shape index (κ3) is 4.17. The molecule has 1 aromatic heterocycles. The average Bonchev–Trinajstić information content (AvgIpc) is 3.10. The van der Waals surface area contributed by atoms with Crippen molar-refractivity contribution in [3.05, 3.63) is 94.6 Å². The molecule has 4 rings (SSSR count). The molecule has 0 radical (unpaired) electrons. The first-order chi connectivity index (χ1) is 13.2. The SMILES string of the molecule is CCCc1ccc2cc(/C=C/c3ccc(-c4ccc(F)cc4)cc3)sc2c1. The highest BCUT2D eigenvalue weighted by Crippen LogP contribution is 2.29. The van der Waals surface area contributed by atoms with Gasteiger partial charge in [0.25, 0.3) is 0 Å². The van der Waals surface area contributed by atoms with Crippen molar-refractivity contribution in [2.75, 3.05) is 0 Å². The molecule has 0 aliphatic carbocycles. The van der Waals surface area contributed by atoms with Crippen LogP contribution >= 0.6 is 11.3 Å². The number of benzene rings is 3. The van der Waals surface area contributed by atoms with Gasteiger partial charge in [0.1, 0.15) is 5.82 Å². The molecule has 4 aromatic rings. The minimum absolute atomic E-state index is 0.205. The van der Waals surface area contributed by atoms with E-state index in [4.69, 9.17) is 0 Å². The van der Waals surface area contributed by atoms with Crippen LogP contribution < -0.4 is 0 Å². The van der Waals surface area contributed by atoms with E-state index in [9.17, 15) is 4.39 Å². The standard InChI is InChI=1S/C25H21FS/c1-2-3-19-6-10-22-17-24(27-25(22)16-19)15-7-18-4-8-20(9-5-18)21-11-13-23(26)14-12-21/h4-17H,2-3H2,1H3/b15-7+. The minimum atomic E-state index is -0.205. The van der Waals surface area contributed by atoms with Crippen molar-refractivity contribution in [2.45, 2.75) is 19.8 Å². The average molecular weight is 373 g/mol. The van der Waals surface area contributed by atoms with Crippen LogP contribution in [0.15, 0.2) is 72.8 Å². The lowest BCUT2D eigenvalue weighted by Crippen LogP contribution is -1.80.